The van der Waals surface area contributed by atoms with Crippen molar-refractivity contribution in [1.82, 2.24) is 14.9 Å². The maximum atomic E-state index is 13.0. The van der Waals surface area contributed by atoms with Crippen molar-refractivity contribution in [2.24, 2.45) is 5.73 Å². The van der Waals surface area contributed by atoms with Crippen LogP contribution >= 0.6 is 0 Å². The molecule has 0 radical (unpaired) electrons. The summed E-state index contributed by atoms with van der Waals surface area (Å²) in [5.41, 5.74) is 6.79. The number of amides is 2. The first-order valence-corrected chi connectivity index (χ1v) is 13.4. The van der Waals surface area contributed by atoms with Gasteiger partial charge in [-0.1, -0.05) is 48.5 Å². The average molecular weight is 529 g/mol. The van der Waals surface area contributed by atoms with E-state index in [0.717, 1.165) is 11.8 Å². The van der Waals surface area contributed by atoms with E-state index in [9.17, 15) is 18.0 Å². The van der Waals surface area contributed by atoms with Crippen LogP contribution in [0.2, 0.25) is 0 Å². The van der Waals surface area contributed by atoms with Gasteiger partial charge in [-0.25, -0.2) is 13.4 Å². The molecule has 0 aliphatic carbocycles. The van der Waals surface area contributed by atoms with Gasteiger partial charge in [-0.3, -0.25) is 14.3 Å². The predicted octanol–water partition coefficient (Wildman–Crippen LogP) is 1.68. The Morgan fingerprint density at radius 2 is 1.78 bits per heavy atom. The third kappa shape index (κ3) is 9.01. The lowest BCUT2D eigenvalue weighted by molar-refractivity contribution is -0.130. The van der Waals surface area contributed by atoms with E-state index in [1.807, 2.05) is 30.3 Å². The normalized spacial score (nSPS) is 12.5. The number of ether oxygens (including phenoxy) is 1. The largest absolute Gasteiger partial charge is 0.374 e. The molecular formula is C25H32N6O5S. The Morgan fingerprint density at radius 1 is 1.11 bits per heavy atom. The van der Waals surface area contributed by atoms with Crippen LogP contribution < -0.4 is 21.1 Å². The topological polar surface area (TPSA) is 157 Å². The molecule has 11 nitrogen and oxygen atoms in total. The molecule has 0 unspecified atom stereocenters. The van der Waals surface area contributed by atoms with E-state index in [-0.39, 0.29) is 19.0 Å². The van der Waals surface area contributed by atoms with Crippen LogP contribution in [0.15, 0.2) is 67.1 Å². The Balaban J connectivity index is 1.67. The van der Waals surface area contributed by atoms with Crippen molar-refractivity contribution in [3.05, 3.63) is 78.2 Å². The highest BCUT2D eigenvalue weighted by molar-refractivity contribution is 7.92. The molecule has 1 atom stereocenters. The summed E-state index contributed by atoms with van der Waals surface area (Å²) in [5.74, 6) is -0.764. The molecule has 12 heteroatoms. The lowest BCUT2D eigenvalue weighted by Crippen LogP contribution is -2.56. The molecule has 1 aromatic heterocycles. The van der Waals surface area contributed by atoms with E-state index in [2.05, 4.69) is 20.3 Å². The minimum atomic E-state index is -3.45. The molecule has 2 amide bonds. The van der Waals surface area contributed by atoms with Crippen LogP contribution in [0.4, 0.5) is 11.5 Å². The molecule has 0 bridgehead atoms. The molecule has 198 valence electrons. The lowest BCUT2D eigenvalue weighted by Gasteiger charge is -2.23. The number of sulfonamides is 1. The molecule has 3 rings (SSSR count). The molecule has 3 aromatic rings. The van der Waals surface area contributed by atoms with Gasteiger partial charge in [0.15, 0.2) is 5.82 Å². The van der Waals surface area contributed by atoms with E-state index in [0.29, 0.717) is 17.8 Å². The highest BCUT2D eigenvalue weighted by Gasteiger charge is 2.28. The van der Waals surface area contributed by atoms with Crippen LogP contribution in [0, 0.1) is 0 Å². The predicted molar refractivity (Wildman–Crippen MR) is 141 cm³/mol. The van der Waals surface area contributed by atoms with E-state index >= 15 is 0 Å². The van der Waals surface area contributed by atoms with Gasteiger partial charge in [0, 0.05) is 6.20 Å². The Morgan fingerprint density at radius 3 is 2.46 bits per heavy atom. The third-order valence-corrected chi connectivity index (χ3v) is 5.74. The number of carbonyl (C=O) groups is 2. The van der Waals surface area contributed by atoms with Gasteiger partial charge in [-0.15, -0.1) is 0 Å². The second-order valence-corrected chi connectivity index (χ2v) is 10.9. The quantitative estimate of drug-likeness (QED) is 0.278. The first-order chi connectivity index (χ1) is 17.4. The minimum absolute atomic E-state index is 0.0756. The number of rotatable bonds is 12. The van der Waals surface area contributed by atoms with Crippen LogP contribution in [0.1, 0.15) is 25.0 Å². The fourth-order valence-electron chi connectivity index (χ4n) is 3.27. The smallest absolute Gasteiger partial charge is 0.250 e. The summed E-state index contributed by atoms with van der Waals surface area (Å²) in [4.78, 5) is 29.7. The second-order valence-electron chi connectivity index (χ2n) is 9.20. The number of benzene rings is 2. The molecule has 0 aliphatic heterocycles. The van der Waals surface area contributed by atoms with Gasteiger partial charge in [0.1, 0.15) is 6.04 Å². The summed E-state index contributed by atoms with van der Waals surface area (Å²) < 4.78 is 33.2. The summed E-state index contributed by atoms with van der Waals surface area (Å²) in [6.07, 6.45) is 4.19. The zero-order valence-corrected chi connectivity index (χ0v) is 21.8. The zero-order chi connectivity index (χ0) is 27.1. The van der Waals surface area contributed by atoms with Crippen LogP contribution in [0.3, 0.4) is 0 Å². The van der Waals surface area contributed by atoms with E-state index < -0.39 is 33.4 Å². The van der Waals surface area contributed by atoms with Crippen molar-refractivity contribution in [3.8, 4) is 0 Å². The average Bonchev–Trinajstić information content (AvgIpc) is 3.25. The SMILES string of the molecule is CC(C)(N)C(=O)N[C@H](COCc1ccccc1)C(=O)Nc1cn(Cc2ccccc2NS(C)(=O)=O)cn1. The van der Waals surface area contributed by atoms with Crippen molar-refractivity contribution in [2.75, 3.05) is 22.9 Å². The number of hydrogen-bond acceptors (Lipinski definition) is 7. The van der Waals surface area contributed by atoms with Gasteiger partial charge in [0.05, 0.1) is 43.6 Å². The maximum Gasteiger partial charge on any atom is 0.250 e. The first-order valence-electron chi connectivity index (χ1n) is 11.5. The summed E-state index contributed by atoms with van der Waals surface area (Å²) in [6, 6.07) is 15.4. The molecular weight excluding hydrogens is 496 g/mol. The van der Waals surface area contributed by atoms with E-state index in [1.165, 1.54) is 6.33 Å². The van der Waals surface area contributed by atoms with Crippen molar-refractivity contribution >= 4 is 33.3 Å². The van der Waals surface area contributed by atoms with Crippen molar-refractivity contribution in [2.45, 2.75) is 38.6 Å². The Hall–Kier alpha value is -3.74. The number of carbonyl (C=O) groups excluding carboxylic acids is 2. The van der Waals surface area contributed by atoms with Crippen LogP contribution in [0.5, 0.6) is 0 Å². The van der Waals surface area contributed by atoms with Gasteiger partial charge in [0.2, 0.25) is 15.9 Å². The number of imidazole rings is 1. The number of anilines is 2. The lowest BCUT2D eigenvalue weighted by atomic mass is 10.1. The third-order valence-electron chi connectivity index (χ3n) is 5.15. The molecule has 0 saturated heterocycles. The molecule has 5 N–H and O–H groups in total. The molecule has 1 heterocycles. The molecule has 0 fully saturated rings. The summed E-state index contributed by atoms with van der Waals surface area (Å²) in [6.45, 7) is 3.58. The monoisotopic (exact) mass is 528 g/mol. The summed E-state index contributed by atoms with van der Waals surface area (Å²) in [7, 11) is -3.45. The zero-order valence-electron chi connectivity index (χ0n) is 21.0. The van der Waals surface area contributed by atoms with Gasteiger partial charge < -0.3 is 25.7 Å². The number of hydrogen-bond donors (Lipinski definition) is 4. The van der Waals surface area contributed by atoms with Crippen molar-refractivity contribution < 1.29 is 22.7 Å². The van der Waals surface area contributed by atoms with Gasteiger partial charge in [-0.05, 0) is 31.0 Å². The summed E-state index contributed by atoms with van der Waals surface area (Å²) >= 11 is 0. The van der Waals surface area contributed by atoms with Crippen LogP contribution in [-0.2, 0) is 37.5 Å². The number of aromatic nitrogens is 2. The standard InChI is InChI=1S/C25H32N6O5S/c1-25(2,26)24(33)28-21(16-36-15-18-9-5-4-6-10-18)23(32)29-22-14-31(17-27-22)13-19-11-7-8-12-20(19)30-37(3,34)35/h4-12,14,17,21,30H,13,15-16,26H2,1-3H3,(H,28,33)(H,29,32)/t21-/m1/s1. The van der Waals surface area contributed by atoms with Crippen molar-refractivity contribution in [1.29, 1.82) is 0 Å². The fourth-order valence-corrected chi connectivity index (χ4v) is 3.87. The van der Waals surface area contributed by atoms with Crippen LogP contribution in [-0.4, -0.2) is 54.2 Å². The Labute approximate surface area is 216 Å². The number of nitrogens with two attached hydrogens (primary N) is 1. The molecule has 0 aliphatic rings. The summed E-state index contributed by atoms with van der Waals surface area (Å²) in [5, 5.41) is 5.33. The molecule has 0 saturated carbocycles. The van der Waals surface area contributed by atoms with Gasteiger partial charge >= 0.3 is 0 Å². The fraction of sp³-hybridized carbons (Fsp3) is 0.320. The van der Waals surface area contributed by atoms with E-state index in [1.54, 1.807) is 48.9 Å². The first kappa shape index (κ1) is 27.8. The van der Waals surface area contributed by atoms with Gasteiger partial charge in [-0.2, -0.15) is 0 Å². The maximum absolute atomic E-state index is 13.0. The van der Waals surface area contributed by atoms with Crippen LogP contribution in [0.25, 0.3) is 0 Å². The number of nitrogens with one attached hydrogen (secondary N) is 3. The van der Waals surface area contributed by atoms with Crippen molar-refractivity contribution in [3.63, 3.8) is 0 Å². The number of nitrogens with zero attached hydrogens (tertiary/aromatic N) is 2. The van der Waals surface area contributed by atoms with E-state index in [4.69, 9.17) is 10.5 Å². The Bertz CT molecular complexity index is 1320. The molecule has 37 heavy (non-hydrogen) atoms. The Kier molecular flexibility index (Phi) is 9.03. The highest BCUT2D eigenvalue weighted by Crippen LogP contribution is 2.18. The second kappa shape index (κ2) is 12.0. The molecule has 2 aromatic carbocycles. The minimum Gasteiger partial charge on any atom is -0.374 e. The number of para-hydroxylation sites is 1. The van der Waals surface area contributed by atoms with Gasteiger partial charge in [0.25, 0.3) is 5.91 Å². The highest BCUT2D eigenvalue weighted by atomic mass is 32.2. The molecule has 0 spiro atoms.